The predicted molar refractivity (Wildman–Crippen MR) is 73.2 cm³/mol. The first-order valence-corrected chi connectivity index (χ1v) is 6.19. The number of fused-ring (bicyclic) bond motifs is 1. The van der Waals surface area contributed by atoms with Crippen LogP contribution in [0, 0.1) is 6.92 Å². The largest absolute Gasteiger partial charge is 0.486 e. The van der Waals surface area contributed by atoms with Crippen molar-refractivity contribution in [3.05, 3.63) is 35.8 Å². The minimum absolute atomic E-state index is 0.263. The minimum atomic E-state index is -0.351. The quantitative estimate of drug-likeness (QED) is 0.820. The van der Waals surface area contributed by atoms with Crippen molar-refractivity contribution in [2.24, 2.45) is 0 Å². The van der Waals surface area contributed by atoms with E-state index in [9.17, 15) is 4.79 Å². The van der Waals surface area contributed by atoms with Crippen molar-refractivity contribution in [1.29, 1.82) is 0 Å². The highest BCUT2D eigenvalue weighted by Gasteiger charge is 2.18. The number of nitrogens with one attached hydrogen (secondary N) is 1. The summed E-state index contributed by atoms with van der Waals surface area (Å²) in [5.74, 6) is 1.06. The average molecular weight is 274 g/mol. The second kappa shape index (κ2) is 4.80. The minimum Gasteiger partial charge on any atom is -0.486 e. The molecule has 0 bridgehead atoms. The summed E-state index contributed by atoms with van der Waals surface area (Å²) >= 11 is 0. The van der Waals surface area contributed by atoms with E-state index >= 15 is 0 Å². The molecule has 2 aromatic rings. The van der Waals surface area contributed by atoms with Crippen LogP contribution in [0.15, 0.2) is 28.9 Å². The summed E-state index contributed by atoms with van der Waals surface area (Å²) in [7, 11) is 0. The molecule has 6 nitrogen and oxygen atoms in total. The highest BCUT2D eigenvalue weighted by atomic mass is 16.6. The highest BCUT2D eigenvalue weighted by molar-refractivity contribution is 6.05. The SMILES string of the molecule is Cc1ccoc1C(=O)Nc1cc2c(cc1N)OCCO2. The lowest BCUT2D eigenvalue weighted by Gasteiger charge is -2.20. The fourth-order valence-corrected chi connectivity index (χ4v) is 2.00. The Hall–Kier alpha value is -2.63. The summed E-state index contributed by atoms with van der Waals surface area (Å²) in [5, 5.41) is 2.71. The van der Waals surface area contributed by atoms with E-state index in [1.807, 2.05) is 0 Å². The molecule has 0 aliphatic carbocycles. The van der Waals surface area contributed by atoms with Gasteiger partial charge in [0, 0.05) is 17.7 Å². The van der Waals surface area contributed by atoms with Gasteiger partial charge in [0.2, 0.25) is 0 Å². The topological polar surface area (TPSA) is 86.7 Å². The molecule has 0 atom stereocenters. The molecule has 0 spiro atoms. The zero-order chi connectivity index (χ0) is 14.1. The van der Waals surface area contributed by atoms with Crippen LogP contribution in [0.3, 0.4) is 0 Å². The summed E-state index contributed by atoms with van der Waals surface area (Å²) in [6, 6.07) is 5.02. The normalized spacial score (nSPS) is 13.1. The van der Waals surface area contributed by atoms with Crippen molar-refractivity contribution in [2.75, 3.05) is 24.3 Å². The number of hydrogen-bond acceptors (Lipinski definition) is 5. The summed E-state index contributed by atoms with van der Waals surface area (Å²) < 4.78 is 16.0. The van der Waals surface area contributed by atoms with E-state index in [1.165, 1.54) is 6.26 Å². The third-order valence-corrected chi connectivity index (χ3v) is 3.03. The molecule has 3 N–H and O–H groups in total. The number of furan rings is 1. The molecular weight excluding hydrogens is 260 g/mol. The van der Waals surface area contributed by atoms with Gasteiger partial charge in [-0.1, -0.05) is 0 Å². The molecule has 1 aromatic carbocycles. The highest BCUT2D eigenvalue weighted by Crippen LogP contribution is 2.37. The number of rotatable bonds is 2. The second-order valence-electron chi connectivity index (χ2n) is 4.47. The molecule has 0 unspecified atom stereocenters. The Morgan fingerprint density at radius 2 is 1.95 bits per heavy atom. The van der Waals surface area contributed by atoms with Gasteiger partial charge in [0.25, 0.3) is 5.91 Å². The first kappa shape index (κ1) is 12.4. The van der Waals surface area contributed by atoms with Crippen LogP contribution in [0.4, 0.5) is 11.4 Å². The number of carbonyl (C=O) groups is 1. The van der Waals surface area contributed by atoms with Crippen molar-refractivity contribution in [1.82, 2.24) is 0 Å². The van der Waals surface area contributed by atoms with Crippen LogP contribution >= 0.6 is 0 Å². The number of benzene rings is 1. The van der Waals surface area contributed by atoms with Crippen molar-refractivity contribution in [2.45, 2.75) is 6.92 Å². The van der Waals surface area contributed by atoms with Crippen molar-refractivity contribution < 1.29 is 18.7 Å². The average Bonchev–Trinajstić information content (AvgIpc) is 2.86. The smallest absolute Gasteiger partial charge is 0.291 e. The maximum absolute atomic E-state index is 12.1. The molecule has 20 heavy (non-hydrogen) atoms. The lowest BCUT2D eigenvalue weighted by molar-refractivity contribution is 0.0996. The van der Waals surface area contributed by atoms with Gasteiger partial charge in [-0.3, -0.25) is 4.79 Å². The number of nitrogen functional groups attached to an aromatic ring is 1. The summed E-state index contributed by atoms with van der Waals surface area (Å²) in [5.41, 5.74) is 7.54. The fourth-order valence-electron chi connectivity index (χ4n) is 2.00. The fraction of sp³-hybridized carbons (Fsp3) is 0.214. The van der Waals surface area contributed by atoms with E-state index < -0.39 is 0 Å². The number of amides is 1. The summed E-state index contributed by atoms with van der Waals surface area (Å²) in [6.07, 6.45) is 1.47. The van der Waals surface area contributed by atoms with Gasteiger partial charge in [-0.15, -0.1) is 0 Å². The molecule has 6 heteroatoms. The Labute approximate surface area is 115 Å². The number of ether oxygens (including phenoxy) is 2. The zero-order valence-corrected chi connectivity index (χ0v) is 10.9. The van der Waals surface area contributed by atoms with Gasteiger partial charge in [-0.25, -0.2) is 0 Å². The van der Waals surface area contributed by atoms with Crippen LogP contribution in [-0.2, 0) is 0 Å². The number of aryl methyl sites for hydroxylation is 1. The van der Waals surface area contributed by atoms with Crippen LogP contribution in [0.1, 0.15) is 16.1 Å². The van der Waals surface area contributed by atoms with Crippen LogP contribution in [0.2, 0.25) is 0 Å². The maximum Gasteiger partial charge on any atom is 0.291 e. The van der Waals surface area contributed by atoms with Gasteiger partial charge >= 0.3 is 0 Å². The Morgan fingerprint density at radius 3 is 2.60 bits per heavy atom. The van der Waals surface area contributed by atoms with Gasteiger partial charge < -0.3 is 24.9 Å². The molecule has 104 valence electrons. The first-order chi connectivity index (χ1) is 9.65. The van der Waals surface area contributed by atoms with Gasteiger partial charge in [0.15, 0.2) is 17.3 Å². The maximum atomic E-state index is 12.1. The summed E-state index contributed by atoms with van der Waals surface area (Å²) in [4.78, 5) is 12.1. The second-order valence-corrected chi connectivity index (χ2v) is 4.47. The van der Waals surface area contributed by atoms with Crippen molar-refractivity contribution in [3.63, 3.8) is 0 Å². The molecule has 0 fully saturated rings. The van der Waals surface area contributed by atoms with E-state index in [1.54, 1.807) is 25.1 Å². The van der Waals surface area contributed by atoms with Gasteiger partial charge in [-0.2, -0.15) is 0 Å². The van der Waals surface area contributed by atoms with E-state index in [0.717, 1.165) is 5.56 Å². The van der Waals surface area contributed by atoms with Crippen molar-refractivity contribution >= 4 is 17.3 Å². The lowest BCUT2D eigenvalue weighted by Crippen LogP contribution is -2.17. The lowest BCUT2D eigenvalue weighted by atomic mass is 10.2. The monoisotopic (exact) mass is 274 g/mol. The van der Waals surface area contributed by atoms with E-state index in [0.29, 0.717) is 36.1 Å². The standard InChI is InChI=1S/C14H14N2O4/c1-8-2-3-20-13(8)14(17)16-10-7-12-11(6-9(10)15)18-4-5-19-12/h2-3,6-7H,4-5,15H2,1H3,(H,16,17). The van der Waals surface area contributed by atoms with Crippen LogP contribution in [-0.4, -0.2) is 19.1 Å². The van der Waals surface area contributed by atoms with Crippen molar-refractivity contribution in [3.8, 4) is 11.5 Å². The Kier molecular flexibility index (Phi) is 2.98. The molecule has 2 heterocycles. The van der Waals surface area contributed by atoms with Gasteiger partial charge in [0.1, 0.15) is 13.2 Å². The number of carbonyl (C=O) groups excluding carboxylic acids is 1. The zero-order valence-electron chi connectivity index (χ0n) is 10.9. The molecule has 0 radical (unpaired) electrons. The van der Waals surface area contributed by atoms with Crippen LogP contribution in [0.25, 0.3) is 0 Å². The first-order valence-electron chi connectivity index (χ1n) is 6.19. The molecule has 3 rings (SSSR count). The predicted octanol–water partition coefficient (Wildman–Crippen LogP) is 2.19. The third-order valence-electron chi connectivity index (χ3n) is 3.03. The molecule has 1 aliphatic heterocycles. The molecular formula is C14H14N2O4. The third kappa shape index (κ3) is 2.16. The van der Waals surface area contributed by atoms with Gasteiger partial charge in [0.05, 0.1) is 17.6 Å². The van der Waals surface area contributed by atoms with Gasteiger partial charge in [-0.05, 0) is 13.0 Å². The number of hydrogen-bond donors (Lipinski definition) is 2. The number of nitrogens with two attached hydrogens (primary N) is 1. The molecule has 0 saturated carbocycles. The van der Waals surface area contributed by atoms with Crippen LogP contribution < -0.4 is 20.5 Å². The van der Waals surface area contributed by atoms with Crippen LogP contribution in [0.5, 0.6) is 11.5 Å². The number of anilines is 2. The molecule has 0 saturated heterocycles. The Balaban J connectivity index is 1.87. The Morgan fingerprint density at radius 1 is 1.25 bits per heavy atom. The van der Waals surface area contributed by atoms with E-state index in [2.05, 4.69) is 5.32 Å². The molecule has 1 aromatic heterocycles. The molecule has 1 amide bonds. The summed E-state index contributed by atoms with van der Waals surface area (Å²) in [6.45, 7) is 2.76. The van der Waals surface area contributed by atoms with E-state index in [4.69, 9.17) is 19.6 Å². The molecule has 1 aliphatic rings. The Bertz CT molecular complexity index is 663. The van der Waals surface area contributed by atoms with E-state index in [-0.39, 0.29) is 11.7 Å².